The Balaban J connectivity index is 3.20. The van der Waals surface area contributed by atoms with Crippen molar-refractivity contribution in [3.05, 3.63) is 30.4 Å². The van der Waals surface area contributed by atoms with E-state index in [0.717, 1.165) is 0 Å². The summed E-state index contributed by atoms with van der Waals surface area (Å²) in [5.41, 5.74) is 0.711. The van der Waals surface area contributed by atoms with Crippen LogP contribution in [0.15, 0.2) is 24.8 Å². The van der Waals surface area contributed by atoms with Gasteiger partial charge in [0.05, 0.1) is 0 Å². The molecule has 0 saturated carbocycles. The summed E-state index contributed by atoms with van der Waals surface area (Å²) >= 11 is 0. The predicted octanol–water partition coefficient (Wildman–Crippen LogP) is 2.09. The van der Waals surface area contributed by atoms with E-state index in [9.17, 15) is 10.2 Å². The maximum Gasteiger partial charge on any atom is 0.200 e. The zero-order valence-electron chi connectivity index (χ0n) is 7.36. The van der Waals surface area contributed by atoms with Crippen LogP contribution in [0.25, 0.3) is 0 Å². The summed E-state index contributed by atoms with van der Waals surface area (Å²) in [5, 5.41) is 27.4. The standard InChI is InChI=1S/C10H12O3/c1-3-6(2)7-4-8(11)10(13)9(12)5-7/h3-6,11-13H,1H2,2H3. The average Bonchev–Trinajstić information content (AvgIpc) is 2.12. The Morgan fingerprint density at radius 2 is 1.69 bits per heavy atom. The third-order valence-electron chi connectivity index (χ3n) is 1.97. The second-order valence-electron chi connectivity index (χ2n) is 2.93. The molecule has 1 rings (SSSR count). The van der Waals surface area contributed by atoms with Crippen LogP contribution >= 0.6 is 0 Å². The van der Waals surface area contributed by atoms with E-state index in [-0.39, 0.29) is 17.4 Å². The van der Waals surface area contributed by atoms with E-state index in [1.165, 1.54) is 12.1 Å². The monoisotopic (exact) mass is 180 g/mol. The predicted molar refractivity (Wildman–Crippen MR) is 50.0 cm³/mol. The highest BCUT2D eigenvalue weighted by molar-refractivity contribution is 5.52. The minimum atomic E-state index is -0.486. The maximum atomic E-state index is 9.18. The van der Waals surface area contributed by atoms with Gasteiger partial charge in [-0.15, -0.1) is 6.58 Å². The SMILES string of the molecule is C=CC(C)c1cc(O)c(O)c(O)c1. The van der Waals surface area contributed by atoms with Crippen molar-refractivity contribution in [3.63, 3.8) is 0 Å². The molecule has 3 N–H and O–H groups in total. The molecule has 0 bridgehead atoms. The first kappa shape index (κ1) is 9.45. The van der Waals surface area contributed by atoms with Gasteiger partial charge in [-0.3, -0.25) is 0 Å². The number of rotatable bonds is 2. The van der Waals surface area contributed by atoms with Crippen LogP contribution in [0.5, 0.6) is 17.2 Å². The van der Waals surface area contributed by atoms with Crippen molar-refractivity contribution in [2.24, 2.45) is 0 Å². The van der Waals surface area contributed by atoms with Crippen molar-refractivity contribution in [1.29, 1.82) is 0 Å². The first-order valence-corrected chi connectivity index (χ1v) is 3.93. The number of phenolic OH excluding ortho intramolecular Hbond substituents is 3. The van der Waals surface area contributed by atoms with Crippen molar-refractivity contribution in [1.82, 2.24) is 0 Å². The molecule has 0 saturated heterocycles. The lowest BCUT2D eigenvalue weighted by Crippen LogP contribution is -1.88. The van der Waals surface area contributed by atoms with Gasteiger partial charge in [0.25, 0.3) is 0 Å². The Hall–Kier alpha value is -1.64. The Morgan fingerprint density at radius 1 is 1.23 bits per heavy atom. The number of aromatic hydroxyl groups is 3. The number of hydrogen-bond acceptors (Lipinski definition) is 3. The summed E-state index contributed by atoms with van der Waals surface area (Å²) in [4.78, 5) is 0. The molecule has 0 radical (unpaired) electrons. The van der Waals surface area contributed by atoms with Gasteiger partial charge in [0, 0.05) is 0 Å². The summed E-state index contributed by atoms with van der Waals surface area (Å²) in [5.74, 6) is -1.09. The van der Waals surface area contributed by atoms with E-state index in [2.05, 4.69) is 6.58 Å². The Bertz CT molecular complexity index is 308. The Labute approximate surface area is 76.6 Å². The molecule has 0 aliphatic carbocycles. The fourth-order valence-corrected chi connectivity index (χ4v) is 1.02. The van der Waals surface area contributed by atoms with E-state index in [4.69, 9.17) is 5.11 Å². The van der Waals surface area contributed by atoms with Gasteiger partial charge in [-0.2, -0.15) is 0 Å². The summed E-state index contributed by atoms with van der Waals surface area (Å²) in [6.45, 7) is 5.47. The van der Waals surface area contributed by atoms with Gasteiger partial charge in [-0.05, 0) is 23.6 Å². The molecule has 13 heavy (non-hydrogen) atoms. The van der Waals surface area contributed by atoms with Crippen LogP contribution in [-0.2, 0) is 0 Å². The summed E-state index contributed by atoms with van der Waals surface area (Å²) in [7, 11) is 0. The molecule has 3 nitrogen and oxygen atoms in total. The van der Waals surface area contributed by atoms with Gasteiger partial charge in [0.2, 0.25) is 0 Å². The zero-order valence-corrected chi connectivity index (χ0v) is 7.36. The molecule has 0 spiro atoms. The van der Waals surface area contributed by atoms with Crippen LogP contribution in [-0.4, -0.2) is 15.3 Å². The summed E-state index contributed by atoms with van der Waals surface area (Å²) < 4.78 is 0. The van der Waals surface area contributed by atoms with Gasteiger partial charge in [0.15, 0.2) is 17.2 Å². The minimum Gasteiger partial charge on any atom is -0.504 e. The fourth-order valence-electron chi connectivity index (χ4n) is 1.02. The van der Waals surface area contributed by atoms with E-state index in [1.54, 1.807) is 6.08 Å². The molecular formula is C10H12O3. The van der Waals surface area contributed by atoms with Crippen LogP contribution in [0.4, 0.5) is 0 Å². The average molecular weight is 180 g/mol. The molecule has 0 fully saturated rings. The molecule has 1 unspecified atom stereocenters. The number of benzene rings is 1. The highest BCUT2D eigenvalue weighted by Gasteiger charge is 2.10. The van der Waals surface area contributed by atoms with Gasteiger partial charge in [-0.25, -0.2) is 0 Å². The van der Waals surface area contributed by atoms with E-state index in [1.807, 2.05) is 6.92 Å². The lowest BCUT2D eigenvalue weighted by Gasteiger charge is -2.08. The minimum absolute atomic E-state index is 0.0254. The van der Waals surface area contributed by atoms with Gasteiger partial charge in [0.1, 0.15) is 0 Å². The summed E-state index contributed by atoms with van der Waals surface area (Å²) in [6.07, 6.45) is 1.69. The summed E-state index contributed by atoms with van der Waals surface area (Å²) in [6, 6.07) is 2.81. The highest BCUT2D eigenvalue weighted by atomic mass is 16.3. The maximum absolute atomic E-state index is 9.18. The molecule has 70 valence electrons. The molecule has 1 atom stereocenters. The third kappa shape index (κ3) is 1.75. The van der Waals surface area contributed by atoms with Gasteiger partial charge < -0.3 is 15.3 Å². The van der Waals surface area contributed by atoms with Crippen LogP contribution in [0.2, 0.25) is 0 Å². The second kappa shape index (κ2) is 3.39. The van der Waals surface area contributed by atoms with E-state index < -0.39 is 5.75 Å². The molecule has 0 aliphatic heterocycles. The van der Waals surface area contributed by atoms with Crippen molar-refractivity contribution >= 4 is 0 Å². The first-order chi connectivity index (χ1) is 6.06. The van der Waals surface area contributed by atoms with Crippen LogP contribution in [0, 0.1) is 0 Å². The van der Waals surface area contributed by atoms with Crippen LogP contribution in [0.1, 0.15) is 18.4 Å². The fraction of sp³-hybridized carbons (Fsp3) is 0.200. The zero-order chi connectivity index (χ0) is 10.0. The Morgan fingerprint density at radius 3 is 2.08 bits per heavy atom. The molecule has 1 aromatic rings. The van der Waals surface area contributed by atoms with Gasteiger partial charge in [-0.1, -0.05) is 13.0 Å². The van der Waals surface area contributed by atoms with E-state index >= 15 is 0 Å². The van der Waals surface area contributed by atoms with Crippen molar-refractivity contribution in [2.75, 3.05) is 0 Å². The first-order valence-electron chi connectivity index (χ1n) is 3.93. The number of phenols is 3. The molecule has 0 aliphatic rings. The van der Waals surface area contributed by atoms with Crippen LogP contribution in [0.3, 0.4) is 0 Å². The van der Waals surface area contributed by atoms with Crippen molar-refractivity contribution in [2.45, 2.75) is 12.8 Å². The second-order valence-corrected chi connectivity index (χ2v) is 2.93. The lowest BCUT2D eigenvalue weighted by atomic mass is 10.0. The number of hydrogen-bond donors (Lipinski definition) is 3. The molecule has 1 aromatic carbocycles. The molecule has 0 heterocycles. The number of allylic oxidation sites excluding steroid dienone is 1. The van der Waals surface area contributed by atoms with E-state index in [0.29, 0.717) is 5.56 Å². The molecule has 3 heteroatoms. The molecule has 0 amide bonds. The van der Waals surface area contributed by atoms with Gasteiger partial charge >= 0.3 is 0 Å². The van der Waals surface area contributed by atoms with Crippen LogP contribution < -0.4 is 0 Å². The topological polar surface area (TPSA) is 60.7 Å². The largest absolute Gasteiger partial charge is 0.504 e. The van der Waals surface area contributed by atoms with Crippen molar-refractivity contribution < 1.29 is 15.3 Å². The normalized spacial score (nSPS) is 12.4. The highest BCUT2D eigenvalue weighted by Crippen LogP contribution is 2.37. The van der Waals surface area contributed by atoms with Crippen molar-refractivity contribution in [3.8, 4) is 17.2 Å². The third-order valence-corrected chi connectivity index (χ3v) is 1.97. The molecule has 0 aromatic heterocycles. The quantitative estimate of drug-likeness (QED) is 0.482. The molecular weight excluding hydrogens is 168 g/mol. The smallest absolute Gasteiger partial charge is 0.200 e. The lowest BCUT2D eigenvalue weighted by molar-refractivity contribution is 0.367. The Kier molecular flexibility index (Phi) is 2.46.